The minimum absolute atomic E-state index is 0.0206. The number of nitrogens with one attached hydrogen (secondary N) is 2. The highest BCUT2D eigenvalue weighted by Crippen LogP contribution is 2.31. The Kier molecular flexibility index (Phi) is 6.00. The Morgan fingerprint density at radius 2 is 1.94 bits per heavy atom. The highest BCUT2D eigenvalue weighted by molar-refractivity contribution is 7.89. The third-order valence-corrected chi connectivity index (χ3v) is 7.85. The zero-order chi connectivity index (χ0) is 22.2. The molecule has 0 radical (unpaired) electrons. The molecule has 166 valence electrons. The number of hydrogen-bond donors (Lipinski definition) is 2. The first-order valence-corrected chi connectivity index (χ1v) is 12.6. The predicted octanol–water partition coefficient (Wildman–Crippen LogP) is 2.34. The van der Waals surface area contributed by atoms with Gasteiger partial charge in [-0.05, 0) is 56.9 Å². The van der Waals surface area contributed by atoms with E-state index in [0.717, 1.165) is 42.9 Å². The Labute approximate surface area is 185 Å². The van der Waals surface area contributed by atoms with E-state index < -0.39 is 22.0 Å². The Bertz CT molecular complexity index is 1110. The minimum atomic E-state index is -3.91. The molecule has 1 aromatic carbocycles. The maximum Gasteiger partial charge on any atom is 0.324 e. The lowest BCUT2D eigenvalue weighted by molar-refractivity contribution is -0.117. The van der Waals surface area contributed by atoms with Gasteiger partial charge in [0.25, 0.3) is 0 Å². The SMILES string of the molecule is Cc1csc(NC(=O)C(C)NS(=O)(=O)c2ccc3c(c2)CCN3C(=O)N2CCCC2)n1. The number of fused-ring (bicyclic) bond motifs is 1. The highest BCUT2D eigenvalue weighted by atomic mass is 32.2. The molecule has 1 aromatic heterocycles. The number of carbonyl (C=O) groups is 2. The number of likely N-dealkylation sites (tertiary alicyclic amines) is 1. The van der Waals surface area contributed by atoms with E-state index in [4.69, 9.17) is 0 Å². The van der Waals surface area contributed by atoms with Gasteiger partial charge in [-0.2, -0.15) is 4.72 Å². The molecule has 0 spiro atoms. The summed E-state index contributed by atoms with van der Waals surface area (Å²) in [7, 11) is -3.91. The van der Waals surface area contributed by atoms with Gasteiger partial charge < -0.3 is 10.2 Å². The zero-order valence-corrected chi connectivity index (χ0v) is 19.1. The first-order valence-electron chi connectivity index (χ1n) is 10.2. The number of benzene rings is 1. The summed E-state index contributed by atoms with van der Waals surface area (Å²) in [5, 5.41) is 4.84. The molecule has 31 heavy (non-hydrogen) atoms. The van der Waals surface area contributed by atoms with Crippen LogP contribution < -0.4 is 14.9 Å². The van der Waals surface area contributed by atoms with Crippen LogP contribution in [0.5, 0.6) is 0 Å². The van der Waals surface area contributed by atoms with Gasteiger partial charge in [0.15, 0.2) is 5.13 Å². The van der Waals surface area contributed by atoms with Crippen LogP contribution in [0.4, 0.5) is 15.6 Å². The molecule has 1 atom stereocenters. The van der Waals surface area contributed by atoms with Gasteiger partial charge in [-0.15, -0.1) is 11.3 Å². The van der Waals surface area contributed by atoms with Gasteiger partial charge in [-0.25, -0.2) is 18.2 Å². The summed E-state index contributed by atoms with van der Waals surface area (Å²) in [6.45, 7) is 5.36. The van der Waals surface area contributed by atoms with Crippen LogP contribution in [-0.2, 0) is 21.2 Å². The Morgan fingerprint density at radius 1 is 1.19 bits per heavy atom. The van der Waals surface area contributed by atoms with Gasteiger partial charge in [0.1, 0.15) is 0 Å². The van der Waals surface area contributed by atoms with E-state index in [0.29, 0.717) is 18.1 Å². The molecule has 2 aliphatic heterocycles. The van der Waals surface area contributed by atoms with Crippen molar-refractivity contribution < 1.29 is 18.0 Å². The maximum absolute atomic E-state index is 12.8. The number of hydrogen-bond acceptors (Lipinski definition) is 6. The van der Waals surface area contributed by atoms with Crippen molar-refractivity contribution in [2.24, 2.45) is 0 Å². The number of sulfonamides is 1. The third-order valence-electron chi connectivity index (χ3n) is 5.44. The number of thiazole rings is 1. The summed E-state index contributed by atoms with van der Waals surface area (Å²) < 4.78 is 28.1. The number of nitrogens with zero attached hydrogens (tertiary/aromatic N) is 3. The van der Waals surface area contributed by atoms with E-state index in [9.17, 15) is 18.0 Å². The number of rotatable bonds is 5. The van der Waals surface area contributed by atoms with Crippen LogP contribution in [0.2, 0.25) is 0 Å². The van der Waals surface area contributed by atoms with Crippen molar-refractivity contribution in [2.45, 2.75) is 44.0 Å². The van der Waals surface area contributed by atoms with E-state index in [1.807, 2.05) is 11.8 Å². The Balaban J connectivity index is 1.45. The van der Waals surface area contributed by atoms with Gasteiger partial charge in [0.05, 0.1) is 16.6 Å². The second kappa shape index (κ2) is 8.56. The first-order chi connectivity index (χ1) is 14.7. The summed E-state index contributed by atoms with van der Waals surface area (Å²) in [6, 6.07) is 3.74. The molecule has 2 aliphatic rings. The van der Waals surface area contributed by atoms with Crippen molar-refractivity contribution >= 4 is 44.1 Å². The van der Waals surface area contributed by atoms with Crippen molar-refractivity contribution in [2.75, 3.05) is 29.9 Å². The maximum atomic E-state index is 12.8. The van der Waals surface area contributed by atoms with E-state index >= 15 is 0 Å². The lowest BCUT2D eigenvalue weighted by Gasteiger charge is -2.24. The second-order valence-electron chi connectivity index (χ2n) is 7.80. The Morgan fingerprint density at radius 3 is 2.61 bits per heavy atom. The van der Waals surface area contributed by atoms with Crippen LogP contribution in [0.25, 0.3) is 0 Å². The largest absolute Gasteiger partial charge is 0.324 e. The fourth-order valence-electron chi connectivity index (χ4n) is 3.80. The molecule has 0 bridgehead atoms. The topological polar surface area (TPSA) is 112 Å². The van der Waals surface area contributed by atoms with Crippen LogP contribution in [0, 0.1) is 6.92 Å². The van der Waals surface area contributed by atoms with E-state index in [2.05, 4.69) is 15.0 Å². The molecule has 3 heterocycles. The molecule has 1 saturated heterocycles. The average Bonchev–Trinajstić information content (AvgIpc) is 3.47. The summed E-state index contributed by atoms with van der Waals surface area (Å²) >= 11 is 1.28. The molecule has 2 aromatic rings. The molecule has 0 saturated carbocycles. The van der Waals surface area contributed by atoms with Crippen LogP contribution in [0.3, 0.4) is 0 Å². The van der Waals surface area contributed by atoms with Crippen molar-refractivity contribution in [1.82, 2.24) is 14.6 Å². The molecule has 1 fully saturated rings. The van der Waals surface area contributed by atoms with Gasteiger partial charge in [0, 0.05) is 30.7 Å². The molecule has 2 N–H and O–H groups in total. The number of amides is 3. The van der Waals surface area contributed by atoms with E-state index in [1.165, 1.54) is 24.3 Å². The Hall–Kier alpha value is -2.50. The van der Waals surface area contributed by atoms with Crippen molar-refractivity contribution in [3.05, 3.63) is 34.8 Å². The monoisotopic (exact) mass is 463 g/mol. The van der Waals surface area contributed by atoms with Crippen LogP contribution >= 0.6 is 11.3 Å². The van der Waals surface area contributed by atoms with Crippen molar-refractivity contribution in [3.63, 3.8) is 0 Å². The quantitative estimate of drug-likeness (QED) is 0.707. The number of aryl methyl sites for hydroxylation is 1. The molecule has 1 unspecified atom stereocenters. The lowest BCUT2D eigenvalue weighted by Crippen LogP contribution is -2.41. The minimum Gasteiger partial charge on any atom is -0.324 e. The molecular weight excluding hydrogens is 438 g/mol. The molecule has 11 heteroatoms. The van der Waals surface area contributed by atoms with Gasteiger partial charge in [-0.1, -0.05) is 0 Å². The van der Waals surface area contributed by atoms with Crippen LogP contribution in [0.1, 0.15) is 31.0 Å². The fraction of sp³-hybridized carbons (Fsp3) is 0.450. The molecule has 0 aliphatic carbocycles. The van der Waals surface area contributed by atoms with Crippen molar-refractivity contribution in [3.8, 4) is 0 Å². The van der Waals surface area contributed by atoms with Crippen molar-refractivity contribution in [1.29, 1.82) is 0 Å². The lowest BCUT2D eigenvalue weighted by atomic mass is 10.2. The summed E-state index contributed by atoms with van der Waals surface area (Å²) in [4.78, 5) is 32.9. The first kappa shape index (κ1) is 21.7. The summed E-state index contributed by atoms with van der Waals surface area (Å²) in [5.74, 6) is -0.485. The van der Waals surface area contributed by atoms with Crippen LogP contribution in [0.15, 0.2) is 28.5 Å². The number of carbonyl (C=O) groups excluding carboxylic acids is 2. The standard InChI is InChI=1S/C20H25N5O4S2/c1-13-12-30-19(21-13)22-18(26)14(2)23-31(28,29)16-5-6-17-15(11-16)7-10-25(17)20(27)24-8-3-4-9-24/h5-6,11-12,14,23H,3-4,7-10H2,1-2H3,(H,21,22,26). The normalized spacial score (nSPS) is 17.0. The van der Waals surface area contributed by atoms with E-state index in [1.54, 1.807) is 22.4 Å². The number of urea groups is 1. The number of aromatic nitrogens is 1. The summed E-state index contributed by atoms with van der Waals surface area (Å²) in [6.07, 6.45) is 2.63. The third kappa shape index (κ3) is 4.58. The molecular formula is C20H25N5O4S2. The molecule has 4 rings (SSSR count). The smallest absolute Gasteiger partial charge is 0.324 e. The van der Waals surface area contributed by atoms with Gasteiger partial charge in [-0.3, -0.25) is 9.69 Å². The van der Waals surface area contributed by atoms with Gasteiger partial charge in [0.2, 0.25) is 15.9 Å². The average molecular weight is 464 g/mol. The zero-order valence-electron chi connectivity index (χ0n) is 17.4. The fourth-order valence-corrected chi connectivity index (χ4v) is 5.75. The number of anilines is 2. The highest BCUT2D eigenvalue weighted by Gasteiger charge is 2.31. The second-order valence-corrected chi connectivity index (χ2v) is 10.4. The van der Waals surface area contributed by atoms with Gasteiger partial charge >= 0.3 is 6.03 Å². The predicted molar refractivity (Wildman–Crippen MR) is 119 cm³/mol. The molecule has 9 nitrogen and oxygen atoms in total. The molecule has 3 amide bonds. The summed E-state index contributed by atoms with van der Waals surface area (Å²) in [5.41, 5.74) is 2.34. The van der Waals surface area contributed by atoms with E-state index in [-0.39, 0.29) is 10.9 Å². The van der Waals surface area contributed by atoms with Crippen LogP contribution in [-0.4, -0.2) is 55.9 Å².